The molecule has 3 heterocycles. The molecule has 2 saturated heterocycles. The Morgan fingerprint density at radius 3 is 2.60 bits per heavy atom. The predicted molar refractivity (Wildman–Crippen MR) is 167 cm³/mol. The lowest BCUT2D eigenvalue weighted by atomic mass is 9.98. The van der Waals surface area contributed by atoms with Gasteiger partial charge in [0.15, 0.2) is 0 Å². The molecule has 218 valence electrons. The van der Waals surface area contributed by atoms with Crippen molar-refractivity contribution in [2.45, 2.75) is 24.7 Å². The largest absolute Gasteiger partial charge is 0.466 e. The number of thiocarbonyl (C=S) groups is 1. The maximum atomic E-state index is 13.6. The second kappa shape index (κ2) is 12.7. The standard InChI is InChI=1S/C30H30N4O5S3/c1-3-15-33-28(35)26(41-30(33)40)19-23-20-34(24-10-6-5-7-11-24)31-27(23)22-9-8-12-25(18-22)42(37,38)32-16-13-21(14-17-32)29(36)39-4-2/h3,5-12,18-21H,1,4,13-17H2,2H3/b26-19-. The first-order valence-corrected chi connectivity index (χ1v) is 16.2. The van der Waals surface area contributed by atoms with Crippen molar-refractivity contribution in [1.82, 2.24) is 19.0 Å². The fraction of sp³-hybridized carbons (Fsp3) is 0.267. The Bertz CT molecular complexity index is 1660. The highest BCUT2D eigenvalue weighted by atomic mass is 32.2. The van der Waals surface area contributed by atoms with Gasteiger partial charge in [0.05, 0.1) is 28.0 Å². The predicted octanol–water partition coefficient (Wildman–Crippen LogP) is 4.89. The first-order valence-electron chi connectivity index (χ1n) is 13.5. The van der Waals surface area contributed by atoms with Crippen LogP contribution in [-0.2, 0) is 24.3 Å². The number of carbonyl (C=O) groups is 2. The molecule has 2 aromatic carbocycles. The SMILES string of the molecule is C=CCN1C(=O)/C(=C/c2cn(-c3ccccc3)nc2-c2cccc(S(=O)(=O)N3CCC(C(=O)OCC)CC3)c2)SC1=S. The number of esters is 1. The van der Waals surface area contributed by atoms with Gasteiger partial charge in [0.1, 0.15) is 10.0 Å². The third-order valence-electron chi connectivity index (χ3n) is 7.05. The number of para-hydroxylation sites is 1. The van der Waals surface area contributed by atoms with Crippen LogP contribution < -0.4 is 0 Å². The summed E-state index contributed by atoms with van der Waals surface area (Å²) < 4.78 is 36.0. The lowest BCUT2D eigenvalue weighted by Gasteiger charge is -2.30. The number of carbonyl (C=O) groups excluding carboxylic acids is 2. The molecule has 0 saturated carbocycles. The number of benzene rings is 2. The van der Waals surface area contributed by atoms with Crippen LogP contribution in [-0.4, -0.2) is 69.8 Å². The quantitative estimate of drug-likeness (QED) is 0.144. The molecule has 9 nitrogen and oxygen atoms in total. The van der Waals surface area contributed by atoms with Crippen LogP contribution in [0.3, 0.4) is 0 Å². The lowest BCUT2D eigenvalue weighted by Crippen LogP contribution is -2.40. The number of hydrogen-bond donors (Lipinski definition) is 0. The topological polar surface area (TPSA) is 102 Å². The Labute approximate surface area is 254 Å². The Kier molecular flexibility index (Phi) is 9.07. The van der Waals surface area contributed by atoms with Crippen molar-refractivity contribution in [3.05, 3.63) is 83.9 Å². The van der Waals surface area contributed by atoms with Gasteiger partial charge in [-0.25, -0.2) is 13.1 Å². The van der Waals surface area contributed by atoms with E-state index in [0.717, 1.165) is 5.69 Å². The second-order valence-electron chi connectivity index (χ2n) is 9.75. The molecule has 0 spiro atoms. The highest BCUT2D eigenvalue weighted by molar-refractivity contribution is 8.26. The second-order valence-corrected chi connectivity index (χ2v) is 13.4. The average molecular weight is 623 g/mol. The van der Waals surface area contributed by atoms with Gasteiger partial charge in [-0.1, -0.05) is 60.4 Å². The van der Waals surface area contributed by atoms with E-state index in [4.69, 9.17) is 22.1 Å². The van der Waals surface area contributed by atoms with E-state index in [0.29, 0.717) is 52.0 Å². The molecule has 2 fully saturated rings. The van der Waals surface area contributed by atoms with Crippen LogP contribution in [0.25, 0.3) is 23.0 Å². The fourth-order valence-electron chi connectivity index (χ4n) is 4.90. The van der Waals surface area contributed by atoms with Gasteiger partial charge in [-0.3, -0.25) is 14.5 Å². The zero-order valence-electron chi connectivity index (χ0n) is 23.0. The monoisotopic (exact) mass is 622 g/mol. The van der Waals surface area contributed by atoms with Gasteiger partial charge in [-0.2, -0.15) is 9.40 Å². The van der Waals surface area contributed by atoms with Crippen molar-refractivity contribution < 1.29 is 22.7 Å². The van der Waals surface area contributed by atoms with E-state index in [1.165, 1.54) is 21.0 Å². The number of aromatic nitrogens is 2. The van der Waals surface area contributed by atoms with Crippen LogP contribution in [0.1, 0.15) is 25.3 Å². The molecule has 0 N–H and O–H groups in total. The highest BCUT2D eigenvalue weighted by Gasteiger charge is 2.34. The summed E-state index contributed by atoms with van der Waals surface area (Å²) in [7, 11) is -3.82. The van der Waals surface area contributed by atoms with E-state index in [1.807, 2.05) is 36.5 Å². The number of sulfonamides is 1. The number of nitrogens with zero attached hydrogens (tertiary/aromatic N) is 4. The normalized spacial score (nSPS) is 17.6. The van der Waals surface area contributed by atoms with Crippen molar-refractivity contribution in [3.8, 4) is 16.9 Å². The van der Waals surface area contributed by atoms with Crippen LogP contribution >= 0.6 is 24.0 Å². The minimum absolute atomic E-state index is 0.132. The van der Waals surface area contributed by atoms with Gasteiger partial charge in [0.2, 0.25) is 10.0 Å². The summed E-state index contributed by atoms with van der Waals surface area (Å²) in [6.07, 6.45) is 6.00. The molecule has 1 amide bonds. The third kappa shape index (κ3) is 6.12. The molecule has 0 bridgehead atoms. The Morgan fingerprint density at radius 2 is 1.90 bits per heavy atom. The van der Waals surface area contributed by atoms with Gasteiger partial charge in [-0.05, 0) is 50.1 Å². The Morgan fingerprint density at radius 1 is 1.17 bits per heavy atom. The minimum Gasteiger partial charge on any atom is -0.466 e. The highest BCUT2D eigenvalue weighted by Crippen LogP contribution is 2.35. The van der Waals surface area contributed by atoms with Gasteiger partial charge in [0, 0.05) is 37.0 Å². The molecule has 2 aliphatic rings. The first kappa shape index (κ1) is 29.9. The summed E-state index contributed by atoms with van der Waals surface area (Å²) >= 11 is 6.61. The van der Waals surface area contributed by atoms with Crippen molar-refractivity contribution in [2.75, 3.05) is 26.2 Å². The summed E-state index contributed by atoms with van der Waals surface area (Å²) in [5, 5.41) is 4.80. The van der Waals surface area contributed by atoms with Crippen molar-refractivity contribution in [3.63, 3.8) is 0 Å². The van der Waals surface area contributed by atoms with Gasteiger partial charge < -0.3 is 4.74 Å². The van der Waals surface area contributed by atoms with Crippen LogP contribution in [0, 0.1) is 5.92 Å². The molecular formula is C30H30N4O5S3. The summed E-state index contributed by atoms with van der Waals surface area (Å²) in [6, 6.07) is 16.2. The number of rotatable bonds is 9. The molecule has 0 aliphatic carbocycles. The summed E-state index contributed by atoms with van der Waals surface area (Å²) in [6.45, 7) is 6.54. The van der Waals surface area contributed by atoms with Gasteiger partial charge >= 0.3 is 5.97 Å². The van der Waals surface area contributed by atoms with E-state index in [1.54, 1.807) is 48.0 Å². The van der Waals surface area contributed by atoms with Crippen molar-refractivity contribution in [1.29, 1.82) is 0 Å². The van der Waals surface area contributed by atoms with E-state index >= 15 is 0 Å². The van der Waals surface area contributed by atoms with E-state index in [2.05, 4.69) is 6.58 Å². The zero-order valence-corrected chi connectivity index (χ0v) is 25.5. The fourth-order valence-corrected chi connectivity index (χ4v) is 7.68. The molecule has 3 aromatic rings. The molecule has 1 aromatic heterocycles. The summed E-state index contributed by atoms with van der Waals surface area (Å²) in [5.74, 6) is -0.794. The van der Waals surface area contributed by atoms with Crippen molar-refractivity contribution in [2.24, 2.45) is 5.92 Å². The molecule has 0 radical (unpaired) electrons. The number of thioether (sulfide) groups is 1. The lowest BCUT2D eigenvalue weighted by molar-refractivity contribution is -0.149. The molecule has 2 aliphatic heterocycles. The maximum Gasteiger partial charge on any atom is 0.309 e. The molecule has 0 unspecified atom stereocenters. The maximum absolute atomic E-state index is 13.6. The average Bonchev–Trinajstić information content (AvgIpc) is 3.54. The minimum atomic E-state index is -3.82. The number of piperidine rings is 1. The van der Waals surface area contributed by atoms with Crippen LogP contribution in [0.15, 0.2) is 83.2 Å². The molecule has 12 heteroatoms. The van der Waals surface area contributed by atoms with E-state index in [-0.39, 0.29) is 35.8 Å². The molecular weight excluding hydrogens is 593 g/mol. The van der Waals surface area contributed by atoms with Gasteiger partial charge in [0.25, 0.3) is 5.91 Å². The Hall–Kier alpha value is -3.58. The molecule has 0 atom stereocenters. The summed E-state index contributed by atoms with van der Waals surface area (Å²) in [4.78, 5) is 27.3. The molecule has 5 rings (SSSR count). The number of ether oxygens (including phenoxy) is 1. The number of hydrogen-bond acceptors (Lipinski definition) is 8. The smallest absolute Gasteiger partial charge is 0.309 e. The zero-order chi connectivity index (χ0) is 29.9. The van der Waals surface area contributed by atoms with E-state index in [9.17, 15) is 18.0 Å². The third-order valence-corrected chi connectivity index (χ3v) is 10.3. The van der Waals surface area contributed by atoms with Crippen LogP contribution in [0.4, 0.5) is 0 Å². The van der Waals surface area contributed by atoms with Crippen molar-refractivity contribution >= 4 is 56.3 Å². The van der Waals surface area contributed by atoms with Crippen LogP contribution in [0.5, 0.6) is 0 Å². The van der Waals surface area contributed by atoms with Crippen LogP contribution in [0.2, 0.25) is 0 Å². The Balaban J connectivity index is 1.49. The first-order chi connectivity index (χ1) is 20.2. The summed E-state index contributed by atoms with van der Waals surface area (Å²) in [5.41, 5.74) is 2.56. The van der Waals surface area contributed by atoms with Gasteiger partial charge in [-0.15, -0.1) is 6.58 Å². The number of amides is 1. The molecule has 42 heavy (non-hydrogen) atoms. The van der Waals surface area contributed by atoms with E-state index < -0.39 is 10.0 Å².